The molecule has 0 unspecified atom stereocenters. The summed E-state index contributed by atoms with van der Waals surface area (Å²) in [6.07, 6.45) is 0. The molecule has 0 saturated carbocycles. The van der Waals surface area contributed by atoms with Gasteiger partial charge in [-0.1, -0.05) is 166 Å². The van der Waals surface area contributed by atoms with Gasteiger partial charge in [0.15, 0.2) is 0 Å². The van der Waals surface area contributed by atoms with Gasteiger partial charge < -0.3 is 9.30 Å². The Hall–Kier alpha value is -7.42. The minimum Gasteiger partial charge on any atom is -0.310 e. The van der Waals surface area contributed by atoms with E-state index in [1.54, 1.807) is 0 Å². The van der Waals surface area contributed by atoms with Crippen LogP contribution in [0, 0.1) is 6.92 Å². The van der Waals surface area contributed by atoms with Gasteiger partial charge in [0.05, 0.1) is 22.0 Å². The molecule has 0 atom stereocenters. The minimum atomic E-state index is -0.404. The third-order valence-electron chi connectivity index (χ3n) is 14.8. The van der Waals surface area contributed by atoms with Crippen LogP contribution in [0.1, 0.15) is 52.8 Å². The molecule has 0 aliphatic heterocycles. The molecule has 0 N–H and O–H groups in total. The monoisotopic (exact) mass is 776 g/mol. The summed E-state index contributed by atoms with van der Waals surface area (Å²) in [4.78, 5) is 2.47. The second-order valence-electron chi connectivity index (χ2n) is 18.1. The zero-order valence-electron chi connectivity index (χ0n) is 34.3. The van der Waals surface area contributed by atoms with Crippen molar-refractivity contribution in [1.29, 1.82) is 0 Å². The number of benzene rings is 9. The number of anilines is 3. The lowest BCUT2D eigenvalue weighted by molar-refractivity contribution is 0.660. The van der Waals surface area contributed by atoms with Crippen molar-refractivity contribution in [2.24, 2.45) is 0 Å². The largest absolute Gasteiger partial charge is 0.310 e. The minimum absolute atomic E-state index is 0.107. The first kappa shape index (κ1) is 33.4. The van der Waals surface area contributed by atoms with Crippen LogP contribution in [0.25, 0.3) is 71.5 Å². The first-order chi connectivity index (χ1) is 29.9. The number of aromatic nitrogens is 1. The lowest BCUT2D eigenvalue weighted by Crippen LogP contribution is -2.25. The maximum atomic E-state index is 2.62. The Morgan fingerprint density at radius 1 is 0.377 bits per heavy atom. The molecule has 0 radical (unpaired) electrons. The van der Waals surface area contributed by atoms with Crippen LogP contribution in [0.15, 0.2) is 188 Å². The van der Waals surface area contributed by atoms with E-state index in [0.717, 1.165) is 11.4 Å². The van der Waals surface area contributed by atoms with Crippen molar-refractivity contribution in [3.63, 3.8) is 0 Å². The molecule has 286 valence electrons. The molecule has 1 spiro atoms. The number of fused-ring (bicyclic) bond motifs is 20. The van der Waals surface area contributed by atoms with Crippen molar-refractivity contribution >= 4 is 55.2 Å². The SMILES string of the molecule is Cc1cccc(N(c2ccc3c(c2)C(C)(C)c2ccccc2-3)c2ccc3c4cccc5c6ccc7c(c6n(c3c2)c45)-c2ccccc2C72c3ccccc3-c3ccccc32)c1. The number of aryl methyl sites for hydroxylation is 1. The van der Waals surface area contributed by atoms with Crippen LogP contribution in [0.5, 0.6) is 0 Å². The Morgan fingerprint density at radius 3 is 1.62 bits per heavy atom. The van der Waals surface area contributed by atoms with E-state index in [9.17, 15) is 0 Å². The van der Waals surface area contributed by atoms with E-state index >= 15 is 0 Å². The van der Waals surface area contributed by atoms with Gasteiger partial charge in [0, 0.05) is 49.6 Å². The van der Waals surface area contributed by atoms with Gasteiger partial charge in [-0.3, -0.25) is 0 Å². The fourth-order valence-electron chi connectivity index (χ4n) is 12.3. The summed E-state index contributed by atoms with van der Waals surface area (Å²) < 4.78 is 2.62. The molecule has 2 nitrogen and oxygen atoms in total. The van der Waals surface area contributed by atoms with Gasteiger partial charge in [0.1, 0.15) is 0 Å². The first-order valence-corrected chi connectivity index (χ1v) is 21.6. The molecule has 0 bridgehead atoms. The van der Waals surface area contributed by atoms with Crippen molar-refractivity contribution < 1.29 is 0 Å². The van der Waals surface area contributed by atoms with E-state index in [2.05, 4.69) is 218 Å². The Bertz CT molecular complexity index is 3660. The van der Waals surface area contributed by atoms with E-state index < -0.39 is 5.41 Å². The second kappa shape index (κ2) is 11.4. The Balaban J connectivity index is 1.07. The summed E-state index contributed by atoms with van der Waals surface area (Å²) in [6.45, 7) is 6.94. The van der Waals surface area contributed by atoms with Crippen molar-refractivity contribution in [3.05, 3.63) is 227 Å². The van der Waals surface area contributed by atoms with E-state index in [-0.39, 0.29) is 5.41 Å². The fourth-order valence-corrected chi connectivity index (χ4v) is 12.3. The average molecular weight is 777 g/mol. The highest BCUT2D eigenvalue weighted by Crippen LogP contribution is 2.64. The highest BCUT2D eigenvalue weighted by molar-refractivity contribution is 6.26. The Morgan fingerprint density at radius 2 is 0.902 bits per heavy atom. The molecular formula is C59H40N2. The van der Waals surface area contributed by atoms with Gasteiger partial charge in [-0.2, -0.15) is 0 Å². The topological polar surface area (TPSA) is 7.65 Å². The third kappa shape index (κ3) is 3.99. The highest BCUT2D eigenvalue weighted by atomic mass is 15.1. The molecule has 2 heteroatoms. The summed E-state index contributed by atoms with van der Waals surface area (Å²) in [6, 6.07) is 71.4. The van der Waals surface area contributed by atoms with E-state index in [0.29, 0.717) is 0 Å². The van der Waals surface area contributed by atoms with Crippen molar-refractivity contribution in [2.75, 3.05) is 4.90 Å². The molecule has 0 amide bonds. The summed E-state index contributed by atoms with van der Waals surface area (Å²) in [5.74, 6) is 0. The quantitative estimate of drug-likeness (QED) is 0.173. The van der Waals surface area contributed by atoms with Gasteiger partial charge >= 0.3 is 0 Å². The zero-order valence-corrected chi connectivity index (χ0v) is 34.3. The molecular weight excluding hydrogens is 737 g/mol. The van der Waals surface area contributed by atoms with E-state index in [4.69, 9.17) is 0 Å². The molecule has 0 saturated heterocycles. The number of hydrogen-bond donors (Lipinski definition) is 0. The van der Waals surface area contributed by atoms with E-state index in [1.807, 2.05) is 0 Å². The Kier molecular flexibility index (Phi) is 6.27. The van der Waals surface area contributed by atoms with Crippen molar-refractivity contribution in [3.8, 4) is 33.4 Å². The molecule has 9 aromatic carbocycles. The highest BCUT2D eigenvalue weighted by Gasteiger charge is 2.52. The lowest BCUT2D eigenvalue weighted by atomic mass is 9.70. The summed E-state index contributed by atoms with van der Waals surface area (Å²) in [5, 5.41) is 5.17. The molecule has 2 heterocycles. The summed E-state index contributed by atoms with van der Waals surface area (Å²) >= 11 is 0. The fraction of sp³-hybridized carbons (Fsp3) is 0.0847. The predicted molar refractivity (Wildman–Crippen MR) is 254 cm³/mol. The van der Waals surface area contributed by atoms with Crippen molar-refractivity contribution in [2.45, 2.75) is 31.6 Å². The van der Waals surface area contributed by atoms with E-state index in [1.165, 1.54) is 116 Å². The predicted octanol–water partition coefficient (Wildman–Crippen LogP) is 15.3. The maximum Gasteiger partial charge on any atom is 0.0726 e. The number of rotatable bonds is 3. The molecule has 0 fully saturated rings. The maximum absolute atomic E-state index is 2.62. The van der Waals surface area contributed by atoms with Gasteiger partial charge in [-0.15, -0.1) is 0 Å². The van der Waals surface area contributed by atoms with Crippen LogP contribution in [-0.2, 0) is 10.8 Å². The van der Waals surface area contributed by atoms with Crippen molar-refractivity contribution in [1.82, 2.24) is 4.40 Å². The first-order valence-electron chi connectivity index (χ1n) is 21.6. The average Bonchev–Trinajstić information content (AvgIpc) is 4.05. The number of hydrogen-bond acceptors (Lipinski definition) is 1. The lowest BCUT2D eigenvalue weighted by Gasteiger charge is -2.30. The molecule has 2 aromatic heterocycles. The second-order valence-corrected chi connectivity index (χ2v) is 18.1. The Labute approximate surface area is 354 Å². The zero-order chi connectivity index (χ0) is 40.4. The molecule has 61 heavy (non-hydrogen) atoms. The summed E-state index contributed by atoms with van der Waals surface area (Å²) in [5.41, 5.74) is 24.2. The van der Waals surface area contributed by atoms with Crippen LogP contribution in [0.3, 0.4) is 0 Å². The van der Waals surface area contributed by atoms with Crippen LogP contribution < -0.4 is 4.90 Å². The molecule has 3 aliphatic rings. The summed E-state index contributed by atoms with van der Waals surface area (Å²) in [7, 11) is 0. The van der Waals surface area contributed by atoms with Crippen LogP contribution in [0.4, 0.5) is 17.1 Å². The van der Waals surface area contributed by atoms with Gasteiger partial charge in [0.2, 0.25) is 0 Å². The number of nitrogens with zero attached hydrogens (tertiary/aromatic N) is 2. The van der Waals surface area contributed by atoms with Crippen LogP contribution >= 0.6 is 0 Å². The van der Waals surface area contributed by atoms with Gasteiger partial charge in [0.25, 0.3) is 0 Å². The van der Waals surface area contributed by atoms with Gasteiger partial charge in [-0.25, -0.2) is 0 Å². The number of para-hydroxylation sites is 1. The van der Waals surface area contributed by atoms with Gasteiger partial charge in [-0.05, 0) is 110 Å². The standard InChI is InChI=1S/C59H40N2/c1-35-14-12-15-36(32-35)60(37-26-28-42-39-16-4-8-22-48(39)58(2,3)53(42)33-37)38-27-29-43-44-20-13-21-45-46-30-31-52-55(57(46)61(56(44)45)54(43)34-38)47-19-7-11-25-51(47)59(52)49-23-9-5-17-40(49)41-18-6-10-24-50(41)59/h4-34H,1-3H3. The molecule has 11 aromatic rings. The molecule has 3 aliphatic carbocycles. The molecule has 14 rings (SSSR count). The normalized spacial score (nSPS) is 14.7. The smallest absolute Gasteiger partial charge is 0.0726 e. The third-order valence-corrected chi connectivity index (χ3v) is 14.8. The van der Waals surface area contributed by atoms with Crippen LogP contribution in [0.2, 0.25) is 0 Å². The van der Waals surface area contributed by atoms with Crippen LogP contribution in [-0.4, -0.2) is 4.40 Å².